The Morgan fingerprint density at radius 1 is 0.926 bits per heavy atom. The maximum absolute atomic E-state index is 12.8. The maximum atomic E-state index is 12.8. The lowest BCUT2D eigenvalue weighted by atomic mass is 9.87. The summed E-state index contributed by atoms with van der Waals surface area (Å²) in [5.41, 5.74) is 3.19. The van der Waals surface area contributed by atoms with Crippen molar-refractivity contribution >= 4 is 44.2 Å². The van der Waals surface area contributed by atoms with E-state index in [-0.39, 0.29) is 11.7 Å². The zero-order valence-electron chi connectivity index (χ0n) is 13.8. The van der Waals surface area contributed by atoms with E-state index in [0.717, 1.165) is 4.47 Å². The van der Waals surface area contributed by atoms with Gasteiger partial charge in [0.15, 0.2) is 11.5 Å². The minimum absolute atomic E-state index is 0.0915. The molecule has 0 bridgehead atoms. The van der Waals surface area contributed by atoms with Gasteiger partial charge in [-0.2, -0.15) is 0 Å². The molecule has 1 amide bonds. The molecule has 0 atom stereocenters. The second-order valence-corrected chi connectivity index (χ2v) is 7.15. The molecule has 1 aromatic heterocycles. The van der Waals surface area contributed by atoms with Crippen molar-refractivity contribution in [1.82, 2.24) is 5.16 Å². The molecule has 0 spiro atoms. The van der Waals surface area contributed by atoms with Crippen LogP contribution in [0.1, 0.15) is 26.3 Å². The van der Waals surface area contributed by atoms with Gasteiger partial charge in [-0.25, -0.2) is 0 Å². The second kappa shape index (κ2) is 5.89. The Balaban J connectivity index is 1.64. The van der Waals surface area contributed by atoms with Gasteiger partial charge in [0.05, 0.1) is 10.9 Å². The highest BCUT2D eigenvalue weighted by molar-refractivity contribution is 9.10. The highest BCUT2D eigenvalue weighted by Crippen LogP contribution is 2.40. The molecule has 5 rings (SSSR count). The van der Waals surface area contributed by atoms with Gasteiger partial charge >= 0.3 is 0 Å². The number of carbonyl (C=O) groups is 2. The van der Waals surface area contributed by atoms with Crippen molar-refractivity contribution in [2.45, 2.75) is 0 Å². The van der Waals surface area contributed by atoms with E-state index in [1.54, 1.807) is 30.3 Å². The number of halogens is 1. The van der Waals surface area contributed by atoms with Gasteiger partial charge in [0.2, 0.25) is 0 Å². The third kappa shape index (κ3) is 2.41. The van der Waals surface area contributed by atoms with E-state index in [2.05, 4.69) is 26.4 Å². The lowest BCUT2D eigenvalue weighted by molar-refractivity contribution is 0.102. The van der Waals surface area contributed by atoms with Crippen LogP contribution in [0.3, 0.4) is 0 Å². The van der Waals surface area contributed by atoms with Crippen molar-refractivity contribution in [3.8, 4) is 11.3 Å². The Labute approximate surface area is 162 Å². The second-order valence-electron chi connectivity index (χ2n) is 6.23. The van der Waals surface area contributed by atoms with E-state index in [1.807, 2.05) is 30.3 Å². The van der Waals surface area contributed by atoms with Crippen molar-refractivity contribution in [3.05, 3.63) is 81.8 Å². The van der Waals surface area contributed by atoms with Gasteiger partial charge in [0.1, 0.15) is 5.52 Å². The highest BCUT2D eigenvalue weighted by atomic mass is 79.9. The fourth-order valence-corrected chi connectivity index (χ4v) is 3.63. The molecule has 4 aromatic rings. The molecule has 1 aliphatic rings. The topological polar surface area (TPSA) is 72.2 Å². The monoisotopic (exact) mass is 418 g/mol. The Morgan fingerprint density at radius 2 is 1.67 bits per heavy atom. The first-order valence-corrected chi connectivity index (χ1v) is 9.06. The first-order valence-electron chi connectivity index (χ1n) is 8.27. The van der Waals surface area contributed by atoms with Crippen molar-refractivity contribution in [3.63, 3.8) is 0 Å². The number of carbonyl (C=O) groups excluding carboxylic acids is 2. The maximum Gasteiger partial charge on any atom is 0.258 e. The van der Waals surface area contributed by atoms with E-state index in [1.165, 1.54) is 0 Å². The zero-order chi connectivity index (χ0) is 18.5. The first-order chi connectivity index (χ1) is 13.1. The highest BCUT2D eigenvalue weighted by Gasteiger charge is 2.30. The molecular formula is C21H11BrN2O3. The van der Waals surface area contributed by atoms with Crippen LogP contribution < -0.4 is 5.32 Å². The Hall–Kier alpha value is -3.25. The molecule has 130 valence electrons. The molecule has 6 heteroatoms. The molecule has 3 aromatic carbocycles. The van der Waals surface area contributed by atoms with E-state index < -0.39 is 0 Å². The molecule has 1 N–H and O–H groups in total. The predicted octanol–water partition coefficient (Wildman–Crippen LogP) is 5.05. The smallest absolute Gasteiger partial charge is 0.258 e. The van der Waals surface area contributed by atoms with Gasteiger partial charge in [-0.15, -0.1) is 0 Å². The van der Waals surface area contributed by atoms with Crippen LogP contribution in [0.4, 0.5) is 5.69 Å². The molecule has 0 aliphatic heterocycles. The Kier molecular flexibility index (Phi) is 3.48. The van der Waals surface area contributed by atoms with E-state index in [0.29, 0.717) is 44.6 Å². The lowest BCUT2D eigenvalue weighted by Crippen LogP contribution is -2.14. The van der Waals surface area contributed by atoms with Crippen LogP contribution in [-0.2, 0) is 0 Å². The minimum Gasteiger partial charge on any atom is -0.355 e. The van der Waals surface area contributed by atoms with Crippen molar-refractivity contribution in [2.75, 3.05) is 5.32 Å². The van der Waals surface area contributed by atoms with Crippen LogP contribution in [0.25, 0.3) is 22.2 Å². The number of benzene rings is 3. The Morgan fingerprint density at radius 3 is 2.44 bits per heavy atom. The molecular weight excluding hydrogens is 408 g/mol. The molecule has 1 heterocycles. The van der Waals surface area contributed by atoms with Gasteiger partial charge in [0, 0.05) is 26.9 Å². The number of hydrogen-bond donors (Lipinski definition) is 1. The number of nitrogens with zero attached hydrogens (tertiary/aromatic N) is 1. The van der Waals surface area contributed by atoms with E-state index in [9.17, 15) is 9.59 Å². The number of amides is 1. The summed E-state index contributed by atoms with van der Waals surface area (Å²) in [5.74, 6) is 0.120. The Bertz CT molecular complexity index is 1240. The number of ketones is 1. The standard InChI is InChI=1S/C21H11BrN2O3/c22-11-5-7-12(8-6-11)23-21(26)16-10-9-15-17-18(16)24-27-20(17)14-4-2-1-3-13(14)19(15)25/h1-10H,(H,23,26). The van der Waals surface area contributed by atoms with Crippen LogP contribution in [-0.4, -0.2) is 16.8 Å². The summed E-state index contributed by atoms with van der Waals surface area (Å²) in [6, 6.07) is 17.8. The van der Waals surface area contributed by atoms with E-state index >= 15 is 0 Å². The summed E-state index contributed by atoms with van der Waals surface area (Å²) in [7, 11) is 0. The SMILES string of the molecule is O=C(Nc1ccc(Br)cc1)c1ccc2c3c(onc13)-c1ccccc1C2=O. The van der Waals surface area contributed by atoms with Gasteiger partial charge in [-0.1, -0.05) is 45.4 Å². The van der Waals surface area contributed by atoms with Crippen LogP contribution in [0.2, 0.25) is 0 Å². The average molecular weight is 419 g/mol. The zero-order valence-corrected chi connectivity index (χ0v) is 15.4. The van der Waals surface area contributed by atoms with Crippen molar-refractivity contribution in [1.29, 1.82) is 0 Å². The number of fused-ring (bicyclic) bond motifs is 2. The van der Waals surface area contributed by atoms with E-state index in [4.69, 9.17) is 4.52 Å². The molecule has 27 heavy (non-hydrogen) atoms. The number of aromatic nitrogens is 1. The summed E-state index contributed by atoms with van der Waals surface area (Å²) in [6.07, 6.45) is 0. The fourth-order valence-electron chi connectivity index (χ4n) is 3.36. The largest absolute Gasteiger partial charge is 0.355 e. The first kappa shape index (κ1) is 16.0. The lowest BCUT2D eigenvalue weighted by Gasteiger charge is -2.14. The molecule has 0 saturated heterocycles. The summed E-state index contributed by atoms with van der Waals surface area (Å²) in [4.78, 5) is 25.6. The number of anilines is 1. The molecule has 0 radical (unpaired) electrons. The van der Waals surface area contributed by atoms with Crippen LogP contribution in [0, 0.1) is 0 Å². The summed E-state index contributed by atoms with van der Waals surface area (Å²) >= 11 is 3.37. The van der Waals surface area contributed by atoms with Crippen LogP contribution in [0.15, 0.2) is 69.7 Å². The quantitative estimate of drug-likeness (QED) is 0.435. The van der Waals surface area contributed by atoms with Gasteiger partial charge < -0.3 is 9.84 Å². The molecule has 0 saturated carbocycles. The number of hydrogen-bond acceptors (Lipinski definition) is 4. The van der Waals surface area contributed by atoms with Gasteiger partial charge in [-0.3, -0.25) is 9.59 Å². The van der Waals surface area contributed by atoms with Crippen LogP contribution >= 0.6 is 15.9 Å². The fraction of sp³-hybridized carbons (Fsp3) is 0. The molecule has 5 nitrogen and oxygen atoms in total. The third-order valence-electron chi connectivity index (χ3n) is 4.64. The normalized spacial score (nSPS) is 12.1. The van der Waals surface area contributed by atoms with Crippen molar-refractivity contribution < 1.29 is 14.1 Å². The molecule has 0 fully saturated rings. The average Bonchev–Trinajstić information content (AvgIpc) is 3.13. The summed E-state index contributed by atoms with van der Waals surface area (Å²) in [6.45, 7) is 0. The minimum atomic E-state index is -0.310. The number of nitrogens with one attached hydrogen (secondary N) is 1. The predicted molar refractivity (Wildman–Crippen MR) is 105 cm³/mol. The van der Waals surface area contributed by atoms with Crippen molar-refractivity contribution in [2.24, 2.45) is 0 Å². The summed E-state index contributed by atoms with van der Waals surface area (Å²) < 4.78 is 6.46. The summed E-state index contributed by atoms with van der Waals surface area (Å²) in [5, 5.41) is 7.54. The third-order valence-corrected chi connectivity index (χ3v) is 5.17. The van der Waals surface area contributed by atoms with Gasteiger partial charge in [-0.05, 0) is 36.4 Å². The van der Waals surface area contributed by atoms with Crippen LogP contribution in [0.5, 0.6) is 0 Å². The molecule has 1 aliphatic carbocycles. The van der Waals surface area contributed by atoms with Gasteiger partial charge in [0.25, 0.3) is 5.91 Å². The number of rotatable bonds is 2. The molecule has 0 unspecified atom stereocenters.